The van der Waals surface area contributed by atoms with Crippen molar-refractivity contribution in [2.75, 3.05) is 13.1 Å². The monoisotopic (exact) mass is 275 g/mol. The van der Waals surface area contributed by atoms with Gasteiger partial charge in [0.15, 0.2) is 0 Å². The Balaban J connectivity index is 0.00000144. The van der Waals surface area contributed by atoms with Crippen LogP contribution in [0, 0.1) is 12.8 Å². The lowest BCUT2D eigenvalue weighted by Crippen LogP contribution is -2.39. The lowest BCUT2D eigenvalue weighted by atomic mass is 9.91. The van der Waals surface area contributed by atoms with Crippen molar-refractivity contribution in [2.24, 2.45) is 11.7 Å². The van der Waals surface area contributed by atoms with Crippen LogP contribution >= 0.6 is 23.7 Å². The van der Waals surface area contributed by atoms with Crippen LogP contribution in [0.2, 0.25) is 0 Å². The van der Waals surface area contributed by atoms with E-state index < -0.39 is 0 Å². The van der Waals surface area contributed by atoms with E-state index in [-0.39, 0.29) is 12.4 Å². The molecule has 1 aromatic heterocycles. The number of rotatable bonds is 3. The topological polar surface area (TPSA) is 42.2 Å². The summed E-state index contributed by atoms with van der Waals surface area (Å²) in [6.45, 7) is 7.67. The van der Waals surface area contributed by atoms with Crippen molar-refractivity contribution in [3.63, 3.8) is 0 Å². The van der Waals surface area contributed by atoms with E-state index >= 15 is 0 Å². The van der Waals surface area contributed by atoms with Gasteiger partial charge in [-0.05, 0) is 45.7 Å². The van der Waals surface area contributed by atoms with Gasteiger partial charge in [0.05, 0.1) is 11.2 Å². The maximum Gasteiger partial charge on any atom is 0.0798 e. The number of aromatic nitrogens is 1. The molecule has 1 aliphatic heterocycles. The van der Waals surface area contributed by atoms with Crippen molar-refractivity contribution >= 4 is 23.7 Å². The van der Waals surface area contributed by atoms with E-state index in [1.807, 2.05) is 5.51 Å². The highest BCUT2D eigenvalue weighted by molar-refractivity contribution is 7.09. The van der Waals surface area contributed by atoms with Gasteiger partial charge in [-0.25, -0.2) is 4.98 Å². The van der Waals surface area contributed by atoms with Gasteiger partial charge in [-0.2, -0.15) is 0 Å². The van der Waals surface area contributed by atoms with Crippen LogP contribution in [-0.2, 0) is 6.54 Å². The van der Waals surface area contributed by atoms with Crippen molar-refractivity contribution in [1.29, 1.82) is 0 Å². The highest BCUT2D eigenvalue weighted by Gasteiger charge is 2.22. The lowest BCUT2D eigenvalue weighted by Gasteiger charge is -2.33. The number of nitrogens with zero attached hydrogens (tertiary/aromatic N) is 2. The number of aryl methyl sites for hydroxylation is 1. The van der Waals surface area contributed by atoms with Crippen LogP contribution in [0.3, 0.4) is 0 Å². The van der Waals surface area contributed by atoms with E-state index in [0.29, 0.717) is 6.04 Å². The largest absolute Gasteiger partial charge is 0.328 e. The number of likely N-dealkylation sites (tertiary alicyclic amines) is 1. The van der Waals surface area contributed by atoms with Crippen LogP contribution in [0.1, 0.15) is 30.3 Å². The molecule has 0 aliphatic carbocycles. The molecular weight excluding hydrogens is 254 g/mol. The number of nitrogens with two attached hydrogens (primary N) is 1. The molecule has 1 atom stereocenters. The Morgan fingerprint density at radius 3 is 2.65 bits per heavy atom. The summed E-state index contributed by atoms with van der Waals surface area (Å²) in [6, 6.07) is 0.354. The van der Waals surface area contributed by atoms with E-state index in [0.717, 1.165) is 12.5 Å². The van der Waals surface area contributed by atoms with Crippen LogP contribution in [0.4, 0.5) is 0 Å². The molecule has 5 heteroatoms. The highest BCUT2D eigenvalue weighted by Crippen LogP contribution is 2.22. The molecule has 2 rings (SSSR count). The van der Waals surface area contributed by atoms with E-state index in [2.05, 4.69) is 23.7 Å². The Morgan fingerprint density at radius 2 is 2.18 bits per heavy atom. The third-order valence-corrected chi connectivity index (χ3v) is 4.51. The molecule has 1 saturated heterocycles. The number of piperidine rings is 1. The molecule has 0 saturated carbocycles. The average Bonchev–Trinajstić information content (AvgIpc) is 2.65. The fourth-order valence-corrected chi connectivity index (χ4v) is 3.14. The smallest absolute Gasteiger partial charge is 0.0798 e. The fourth-order valence-electron chi connectivity index (χ4n) is 2.32. The highest BCUT2D eigenvalue weighted by atomic mass is 35.5. The molecule has 2 N–H and O–H groups in total. The molecule has 0 bridgehead atoms. The molecule has 1 aromatic rings. The Morgan fingerprint density at radius 1 is 1.53 bits per heavy atom. The first-order valence-corrected chi connectivity index (χ1v) is 6.91. The number of thiazole rings is 1. The molecular formula is C12H22ClN3S. The van der Waals surface area contributed by atoms with Gasteiger partial charge >= 0.3 is 0 Å². The van der Waals surface area contributed by atoms with Crippen molar-refractivity contribution in [3.8, 4) is 0 Å². The zero-order valence-corrected chi connectivity index (χ0v) is 12.2. The van der Waals surface area contributed by atoms with Crippen molar-refractivity contribution < 1.29 is 0 Å². The normalized spacial score (nSPS) is 19.9. The Labute approximate surface area is 114 Å². The Bertz CT molecular complexity index is 332. The van der Waals surface area contributed by atoms with Gasteiger partial charge in [-0.1, -0.05) is 0 Å². The van der Waals surface area contributed by atoms with Gasteiger partial charge < -0.3 is 5.73 Å². The summed E-state index contributed by atoms with van der Waals surface area (Å²) in [5.41, 5.74) is 9.08. The van der Waals surface area contributed by atoms with Crippen molar-refractivity contribution in [3.05, 3.63) is 16.1 Å². The minimum absolute atomic E-state index is 0. The van der Waals surface area contributed by atoms with Crippen molar-refractivity contribution in [1.82, 2.24) is 9.88 Å². The summed E-state index contributed by atoms with van der Waals surface area (Å²) in [6.07, 6.45) is 2.49. The molecule has 0 radical (unpaired) electrons. The van der Waals surface area contributed by atoms with Gasteiger partial charge in [-0.3, -0.25) is 4.90 Å². The second-order valence-corrected chi connectivity index (χ2v) is 5.77. The first-order valence-electron chi connectivity index (χ1n) is 6.03. The maximum absolute atomic E-state index is 5.95. The van der Waals surface area contributed by atoms with E-state index in [1.54, 1.807) is 11.3 Å². The summed E-state index contributed by atoms with van der Waals surface area (Å²) in [7, 11) is 0. The van der Waals surface area contributed by atoms with Crippen LogP contribution in [0.25, 0.3) is 0 Å². The number of halogens is 1. The van der Waals surface area contributed by atoms with E-state index in [1.165, 1.54) is 36.5 Å². The van der Waals surface area contributed by atoms with Crippen LogP contribution in [0.5, 0.6) is 0 Å². The minimum atomic E-state index is 0. The summed E-state index contributed by atoms with van der Waals surface area (Å²) < 4.78 is 0. The Kier molecular flexibility index (Phi) is 5.86. The first-order chi connectivity index (χ1) is 7.66. The molecule has 0 spiro atoms. The molecule has 0 amide bonds. The maximum atomic E-state index is 5.95. The molecule has 3 nitrogen and oxygen atoms in total. The van der Waals surface area contributed by atoms with Gasteiger partial charge in [0.2, 0.25) is 0 Å². The average molecular weight is 276 g/mol. The standard InChI is InChI=1S/C12H21N3S.ClH/c1-9(13)11-3-5-15(6-4-11)7-12-10(2)14-8-16-12;/h8-9,11H,3-7,13H2,1-2H3;1H. The molecule has 1 fully saturated rings. The predicted molar refractivity (Wildman–Crippen MR) is 75.7 cm³/mol. The number of hydrogen-bond acceptors (Lipinski definition) is 4. The van der Waals surface area contributed by atoms with Crippen LogP contribution < -0.4 is 5.73 Å². The second-order valence-electron chi connectivity index (χ2n) is 4.83. The third-order valence-electron chi connectivity index (χ3n) is 3.59. The van der Waals surface area contributed by atoms with Gasteiger partial charge in [0, 0.05) is 17.5 Å². The van der Waals surface area contributed by atoms with Gasteiger partial charge in [0.1, 0.15) is 0 Å². The quantitative estimate of drug-likeness (QED) is 0.921. The van der Waals surface area contributed by atoms with E-state index in [9.17, 15) is 0 Å². The summed E-state index contributed by atoms with van der Waals surface area (Å²) in [5, 5.41) is 0. The molecule has 2 heterocycles. The molecule has 1 aliphatic rings. The van der Waals surface area contributed by atoms with Gasteiger partial charge in [0.25, 0.3) is 0 Å². The molecule has 98 valence electrons. The summed E-state index contributed by atoms with van der Waals surface area (Å²) >= 11 is 1.77. The minimum Gasteiger partial charge on any atom is -0.328 e. The van der Waals surface area contributed by atoms with Gasteiger partial charge in [-0.15, -0.1) is 23.7 Å². The molecule has 1 unspecified atom stereocenters. The second kappa shape index (κ2) is 6.69. The molecule has 17 heavy (non-hydrogen) atoms. The third kappa shape index (κ3) is 3.91. The van der Waals surface area contributed by atoms with Crippen LogP contribution in [0.15, 0.2) is 5.51 Å². The first kappa shape index (κ1) is 14.9. The molecule has 0 aromatic carbocycles. The van der Waals surface area contributed by atoms with E-state index in [4.69, 9.17) is 5.73 Å². The fraction of sp³-hybridized carbons (Fsp3) is 0.750. The lowest BCUT2D eigenvalue weighted by molar-refractivity contribution is 0.166. The SMILES string of the molecule is Cc1ncsc1CN1CCC(C(C)N)CC1.Cl. The zero-order chi connectivity index (χ0) is 11.5. The number of hydrogen-bond donors (Lipinski definition) is 1. The zero-order valence-electron chi connectivity index (χ0n) is 10.6. The van der Waals surface area contributed by atoms with Crippen molar-refractivity contribution in [2.45, 2.75) is 39.3 Å². The predicted octanol–water partition coefficient (Wildman–Crippen LogP) is 2.43. The Hall–Kier alpha value is -0.160. The van der Waals surface area contributed by atoms with Crippen LogP contribution in [-0.4, -0.2) is 29.0 Å². The summed E-state index contributed by atoms with van der Waals surface area (Å²) in [4.78, 5) is 8.24. The summed E-state index contributed by atoms with van der Waals surface area (Å²) in [5.74, 6) is 0.721.